The minimum Gasteiger partial charge on any atom is -0.481 e. The van der Waals surface area contributed by atoms with E-state index < -0.39 is 5.97 Å². The van der Waals surface area contributed by atoms with Crippen LogP contribution in [0.3, 0.4) is 0 Å². The average molecular weight is 421 g/mol. The molecular formula is C25H28N2O4. The van der Waals surface area contributed by atoms with E-state index >= 15 is 0 Å². The number of nitrogens with zero attached hydrogens (tertiary/aromatic N) is 1. The van der Waals surface area contributed by atoms with E-state index in [-0.39, 0.29) is 24.5 Å². The number of carbonyl (C=O) groups excluding carboxylic acids is 1. The molecule has 2 N–H and O–H groups in total. The number of ketones is 1. The van der Waals surface area contributed by atoms with E-state index in [9.17, 15) is 14.7 Å². The first-order valence-electron chi connectivity index (χ1n) is 11.0. The summed E-state index contributed by atoms with van der Waals surface area (Å²) in [6.45, 7) is 0.975. The number of Topliss-reactive ketones (excluding diaryl/α,β-unsaturated/α-hetero) is 1. The van der Waals surface area contributed by atoms with Crippen molar-refractivity contribution in [3.05, 3.63) is 59.5 Å². The van der Waals surface area contributed by atoms with E-state index in [0.717, 1.165) is 61.1 Å². The summed E-state index contributed by atoms with van der Waals surface area (Å²) in [4.78, 5) is 28.6. The van der Waals surface area contributed by atoms with Gasteiger partial charge in [-0.1, -0.05) is 18.2 Å². The van der Waals surface area contributed by atoms with E-state index in [4.69, 9.17) is 9.40 Å². The quantitative estimate of drug-likeness (QED) is 0.443. The van der Waals surface area contributed by atoms with Crippen LogP contribution >= 0.6 is 0 Å². The molecule has 1 aromatic carbocycles. The first-order valence-corrected chi connectivity index (χ1v) is 11.0. The minimum absolute atomic E-state index is 0.0655. The van der Waals surface area contributed by atoms with Gasteiger partial charge in [0.05, 0.1) is 12.7 Å². The van der Waals surface area contributed by atoms with E-state index in [2.05, 4.69) is 17.4 Å². The van der Waals surface area contributed by atoms with Crippen LogP contribution in [0.15, 0.2) is 47.1 Å². The number of hydrogen-bond acceptors (Lipinski definition) is 5. The number of aryl methyl sites for hydroxylation is 2. The highest BCUT2D eigenvalue weighted by Crippen LogP contribution is 2.28. The summed E-state index contributed by atoms with van der Waals surface area (Å²) in [6, 6.07) is 11.8. The highest BCUT2D eigenvalue weighted by atomic mass is 16.4. The SMILES string of the molecule is O=C(O)CC(CC(=O)CCCCc1ccc2c(n1)NCCC2)c1ccc2ccoc2c1. The van der Waals surface area contributed by atoms with Crippen molar-refractivity contribution in [2.45, 2.75) is 57.3 Å². The molecule has 0 amide bonds. The summed E-state index contributed by atoms with van der Waals surface area (Å²) in [7, 11) is 0. The molecule has 3 heterocycles. The predicted molar refractivity (Wildman–Crippen MR) is 119 cm³/mol. The maximum atomic E-state index is 12.6. The molecule has 0 spiro atoms. The fourth-order valence-electron chi connectivity index (χ4n) is 4.26. The molecule has 0 aliphatic carbocycles. The van der Waals surface area contributed by atoms with Crippen LogP contribution < -0.4 is 5.32 Å². The summed E-state index contributed by atoms with van der Waals surface area (Å²) >= 11 is 0. The molecule has 0 fully saturated rings. The summed E-state index contributed by atoms with van der Waals surface area (Å²) in [5.74, 6) is -0.131. The highest BCUT2D eigenvalue weighted by Gasteiger charge is 2.20. The smallest absolute Gasteiger partial charge is 0.303 e. The van der Waals surface area contributed by atoms with Gasteiger partial charge in [-0.3, -0.25) is 9.59 Å². The molecule has 0 radical (unpaired) electrons. The Labute approximate surface area is 181 Å². The summed E-state index contributed by atoms with van der Waals surface area (Å²) in [5, 5.41) is 13.6. The van der Waals surface area contributed by atoms with Crippen LogP contribution in [-0.4, -0.2) is 28.4 Å². The molecule has 0 saturated carbocycles. The number of furan rings is 1. The second kappa shape index (κ2) is 9.77. The molecule has 6 heteroatoms. The van der Waals surface area contributed by atoms with Crippen LogP contribution in [0.1, 0.15) is 61.3 Å². The van der Waals surface area contributed by atoms with E-state index in [1.807, 2.05) is 24.3 Å². The van der Waals surface area contributed by atoms with Gasteiger partial charge >= 0.3 is 5.97 Å². The fraction of sp³-hybridized carbons (Fsp3) is 0.400. The van der Waals surface area contributed by atoms with Crippen molar-refractivity contribution in [2.24, 2.45) is 0 Å². The maximum Gasteiger partial charge on any atom is 0.303 e. The molecule has 1 aliphatic rings. The number of aliphatic carboxylic acids is 1. The van der Waals surface area contributed by atoms with Gasteiger partial charge in [0.15, 0.2) is 0 Å². The zero-order chi connectivity index (χ0) is 21.6. The number of fused-ring (bicyclic) bond motifs is 2. The van der Waals surface area contributed by atoms with Gasteiger partial charge < -0.3 is 14.8 Å². The molecule has 3 aromatic rings. The Morgan fingerprint density at radius 2 is 2.03 bits per heavy atom. The van der Waals surface area contributed by atoms with Crippen molar-refractivity contribution >= 4 is 28.5 Å². The second-order valence-corrected chi connectivity index (χ2v) is 8.30. The van der Waals surface area contributed by atoms with Crippen LogP contribution in [0.2, 0.25) is 0 Å². The largest absolute Gasteiger partial charge is 0.481 e. The van der Waals surface area contributed by atoms with Crippen molar-refractivity contribution < 1.29 is 19.1 Å². The topological polar surface area (TPSA) is 92.4 Å². The number of rotatable bonds is 10. The minimum atomic E-state index is -0.899. The Bertz CT molecular complexity index is 1070. The third kappa shape index (κ3) is 5.51. The molecule has 0 saturated heterocycles. The summed E-state index contributed by atoms with van der Waals surface area (Å²) in [6.07, 6.45) is 6.98. The number of carboxylic acids is 1. The molecule has 4 rings (SSSR count). The van der Waals surface area contributed by atoms with Crippen molar-refractivity contribution in [1.29, 1.82) is 0 Å². The molecule has 2 aromatic heterocycles. The van der Waals surface area contributed by atoms with Crippen molar-refractivity contribution in [3.63, 3.8) is 0 Å². The lowest BCUT2D eigenvalue weighted by molar-refractivity contribution is -0.137. The van der Waals surface area contributed by atoms with Crippen LogP contribution in [0.25, 0.3) is 11.0 Å². The standard InChI is InChI=1S/C25H28N2O4/c28-22(6-2-1-5-21-10-9-18-4-3-12-26-25(18)27-21)14-20(16-24(29)30)19-8-7-17-11-13-31-23(17)15-19/h7-11,13,15,20H,1-6,12,14,16H2,(H,26,27)(H,29,30). The van der Waals surface area contributed by atoms with E-state index in [1.165, 1.54) is 5.56 Å². The van der Waals surface area contributed by atoms with Gasteiger partial charge in [0.1, 0.15) is 17.2 Å². The van der Waals surface area contributed by atoms with Gasteiger partial charge in [-0.25, -0.2) is 4.98 Å². The van der Waals surface area contributed by atoms with Gasteiger partial charge in [0, 0.05) is 36.4 Å². The second-order valence-electron chi connectivity index (χ2n) is 8.30. The first kappa shape index (κ1) is 21.1. The van der Waals surface area contributed by atoms with Gasteiger partial charge in [0.2, 0.25) is 0 Å². The lowest BCUT2D eigenvalue weighted by Crippen LogP contribution is -2.14. The summed E-state index contributed by atoms with van der Waals surface area (Å²) < 4.78 is 5.43. The molecule has 1 atom stereocenters. The molecule has 31 heavy (non-hydrogen) atoms. The molecular weight excluding hydrogens is 392 g/mol. The number of nitrogens with one attached hydrogen (secondary N) is 1. The monoisotopic (exact) mass is 420 g/mol. The lowest BCUT2D eigenvalue weighted by atomic mass is 9.89. The van der Waals surface area contributed by atoms with Crippen molar-refractivity contribution in [2.75, 3.05) is 11.9 Å². The number of carboxylic acid groups (broad SMARTS) is 1. The zero-order valence-electron chi connectivity index (χ0n) is 17.6. The van der Waals surface area contributed by atoms with E-state index in [1.54, 1.807) is 6.26 Å². The zero-order valence-corrected chi connectivity index (χ0v) is 17.6. The molecule has 6 nitrogen and oxygen atoms in total. The number of aromatic nitrogens is 1. The Morgan fingerprint density at radius 3 is 2.90 bits per heavy atom. The number of carbonyl (C=O) groups is 2. The van der Waals surface area contributed by atoms with Crippen LogP contribution in [0.4, 0.5) is 5.82 Å². The third-order valence-corrected chi connectivity index (χ3v) is 5.94. The highest BCUT2D eigenvalue weighted by molar-refractivity contribution is 5.82. The normalized spacial score (nSPS) is 14.1. The number of anilines is 1. The van der Waals surface area contributed by atoms with Gasteiger partial charge in [-0.15, -0.1) is 0 Å². The van der Waals surface area contributed by atoms with Crippen LogP contribution in [0, 0.1) is 0 Å². The third-order valence-electron chi connectivity index (χ3n) is 5.94. The Kier molecular flexibility index (Phi) is 6.65. The van der Waals surface area contributed by atoms with E-state index in [0.29, 0.717) is 12.0 Å². The molecule has 162 valence electrons. The Hall–Kier alpha value is -3.15. The fourth-order valence-corrected chi connectivity index (χ4v) is 4.26. The summed E-state index contributed by atoms with van der Waals surface area (Å²) in [5.41, 5.74) is 3.88. The van der Waals surface area contributed by atoms with Gasteiger partial charge in [-0.05, 0) is 61.4 Å². The van der Waals surface area contributed by atoms with Crippen molar-refractivity contribution in [3.8, 4) is 0 Å². The number of benzene rings is 1. The van der Waals surface area contributed by atoms with Gasteiger partial charge in [0.25, 0.3) is 0 Å². The Balaban J connectivity index is 1.29. The van der Waals surface area contributed by atoms with Gasteiger partial charge in [-0.2, -0.15) is 0 Å². The number of pyridine rings is 1. The van der Waals surface area contributed by atoms with Crippen LogP contribution in [0.5, 0.6) is 0 Å². The maximum absolute atomic E-state index is 12.6. The number of hydrogen-bond donors (Lipinski definition) is 2. The molecule has 1 aliphatic heterocycles. The molecule has 1 unspecified atom stereocenters. The first-order chi connectivity index (χ1) is 15.1. The van der Waals surface area contributed by atoms with Crippen molar-refractivity contribution in [1.82, 2.24) is 4.98 Å². The molecule has 0 bridgehead atoms. The van der Waals surface area contributed by atoms with Crippen LogP contribution in [-0.2, 0) is 22.4 Å². The number of unbranched alkanes of at least 4 members (excludes halogenated alkanes) is 1. The average Bonchev–Trinajstić information content (AvgIpc) is 3.24. The lowest BCUT2D eigenvalue weighted by Gasteiger charge is -2.17. The predicted octanol–water partition coefficient (Wildman–Crippen LogP) is 5.12. The Morgan fingerprint density at radius 1 is 1.13 bits per heavy atom.